The zero-order chi connectivity index (χ0) is 17.7. The molecule has 0 aromatic heterocycles. The largest absolute Gasteiger partial charge is 0.489 e. The lowest BCUT2D eigenvalue weighted by Crippen LogP contribution is -2.11. The number of fused-ring (bicyclic) bond motifs is 2. The Kier molecular flexibility index (Phi) is 5.76. The van der Waals surface area contributed by atoms with Crippen molar-refractivity contribution in [1.29, 1.82) is 0 Å². The van der Waals surface area contributed by atoms with Crippen molar-refractivity contribution in [2.24, 2.45) is 10.2 Å². The van der Waals surface area contributed by atoms with Crippen molar-refractivity contribution >= 4 is 23.1 Å². The molecule has 132 valence electrons. The van der Waals surface area contributed by atoms with Crippen LogP contribution >= 0.6 is 11.8 Å². The van der Waals surface area contributed by atoms with Crippen molar-refractivity contribution in [3.63, 3.8) is 0 Å². The molecule has 0 spiro atoms. The molecule has 25 heavy (non-hydrogen) atoms. The molecule has 0 atom stereocenters. The van der Waals surface area contributed by atoms with E-state index in [1.807, 2.05) is 24.3 Å². The summed E-state index contributed by atoms with van der Waals surface area (Å²) in [6.07, 6.45) is 0. The number of ether oxygens (including phenoxy) is 2. The van der Waals surface area contributed by atoms with Crippen molar-refractivity contribution < 1.29 is 9.47 Å². The summed E-state index contributed by atoms with van der Waals surface area (Å²) in [5.41, 5.74) is 2.88. The lowest BCUT2D eigenvalue weighted by molar-refractivity contribution is 0.112. The molecule has 0 unspecified atom stereocenters. The number of benzene rings is 2. The zero-order valence-electron chi connectivity index (χ0n) is 15.0. The maximum atomic E-state index is 5.87. The first kappa shape index (κ1) is 18.0. The first-order valence-corrected chi connectivity index (χ1v) is 9.51. The molecule has 0 bridgehead atoms. The van der Waals surface area contributed by atoms with Crippen LogP contribution in [0.5, 0.6) is 5.75 Å². The number of hydrogen-bond acceptors (Lipinski definition) is 5. The molecule has 1 aliphatic heterocycles. The summed E-state index contributed by atoms with van der Waals surface area (Å²) in [7, 11) is 0. The molecular formula is C20H24N2O2S. The van der Waals surface area contributed by atoms with Crippen molar-refractivity contribution in [3.8, 4) is 5.75 Å². The Bertz CT molecular complexity index is 754. The maximum absolute atomic E-state index is 5.87. The van der Waals surface area contributed by atoms with Crippen LogP contribution in [0.2, 0.25) is 0 Å². The van der Waals surface area contributed by atoms with E-state index in [4.69, 9.17) is 9.47 Å². The Morgan fingerprint density at radius 1 is 0.920 bits per heavy atom. The lowest BCUT2D eigenvalue weighted by atomic mass is 9.87. The molecule has 0 fully saturated rings. The molecule has 5 heteroatoms. The third-order valence-corrected chi connectivity index (χ3v) is 4.95. The van der Waals surface area contributed by atoms with Gasteiger partial charge >= 0.3 is 0 Å². The molecule has 4 nitrogen and oxygen atoms in total. The first-order chi connectivity index (χ1) is 12.0. The Morgan fingerprint density at radius 3 is 2.56 bits per heavy atom. The van der Waals surface area contributed by atoms with Gasteiger partial charge in [-0.25, -0.2) is 0 Å². The minimum absolute atomic E-state index is 0.0442. The van der Waals surface area contributed by atoms with Gasteiger partial charge in [-0.05, 0) is 35.2 Å². The molecule has 3 rings (SSSR count). The van der Waals surface area contributed by atoms with E-state index in [-0.39, 0.29) is 5.41 Å². The summed E-state index contributed by atoms with van der Waals surface area (Å²) in [6, 6.07) is 14.2. The number of hydrogen-bond donors (Lipinski definition) is 0. The van der Waals surface area contributed by atoms with E-state index in [1.165, 1.54) is 5.56 Å². The first-order valence-electron chi connectivity index (χ1n) is 8.53. The van der Waals surface area contributed by atoms with Crippen LogP contribution < -0.4 is 4.74 Å². The maximum Gasteiger partial charge on any atom is 0.146 e. The second-order valence-corrected chi connectivity index (χ2v) is 8.05. The van der Waals surface area contributed by atoms with Crippen molar-refractivity contribution in [2.45, 2.75) is 31.1 Å². The van der Waals surface area contributed by atoms with Gasteiger partial charge in [-0.15, -0.1) is 22.0 Å². The van der Waals surface area contributed by atoms with Gasteiger partial charge in [0.1, 0.15) is 18.0 Å². The monoisotopic (exact) mass is 356 g/mol. The molecule has 1 aliphatic rings. The third kappa shape index (κ3) is 4.83. The minimum Gasteiger partial charge on any atom is -0.489 e. The van der Waals surface area contributed by atoms with Crippen LogP contribution in [0, 0.1) is 0 Å². The molecular weight excluding hydrogens is 332 g/mol. The molecule has 0 saturated heterocycles. The van der Waals surface area contributed by atoms with E-state index in [0.717, 1.165) is 27.8 Å². The highest BCUT2D eigenvalue weighted by Gasteiger charge is 2.16. The van der Waals surface area contributed by atoms with Crippen LogP contribution in [0.15, 0.2) is 57.6 Å². The molecule has 0 amide bonds. The highest BCUT2D eigenvalue weighted by atomic mass is 32.2. The van der Waals surface area contributed by atoms with Gasteiger partial charge in [0.25, 0.3) is 0 Å². The van der Waals surface area contributed by atoms with Crippen molar-refractivity contribution in [1.82, 2.24) is 0 Å². The predicted octanol–water partition coefficient (Wildman–Crippen LogP) is 5.90. The quantitative estimate of drug-likeness (QED) is 0.590. The molecule has 2 aromatic rings. The van der Waals surface area contributed by atoms with Crippen molar-refractivity contribution in [3.05, 3.63) is 48.0 Å². The van der Waals surface area contributed by atoms with Crippen LogP contribution in [0.25, 0.3) is 0 Å². The topological polar surface area (TPSA) is 43.2 Å². The van der Waals surface area contributed by atoms with Crippen LogP contribution in [-0.2, 0) is 10.2 Å². The van der Waals surface area contributed by atoms with E-state index >= 15 is 0 Å². The molecule has 1 heterocycles. The average molecular weight is 356 g/mol. The van der Waals surface area contributed by atoms with E-state index in [2.05, 4.69) is 49.2 Å². The van der Waals surface area contributed by atoms with Gasteiger partial charge in [-0.3, -0.25) is 0 Å². The van der Waals surface area contributed by atoms with Crippen LogP contribution in [-0.4, -0.2) is 25.6 Å². The molecule has 0 radical (unpaired) electrons. The fraction of sp³-hybridized carbons (Fsp3) is 0.400. The normalized spacial score (nSPS) is 15.8. The Morgan fingerprint density at radius 2 is 1.72 bits per heavy atom. The Balaban J connectivity index is 2.00. The highest BCUT2D eigenvalue weighted by Crippen LogP contribution is 2.36. The van der Waals surface area contributed by atoms with Gasteiger partial charge in [-0.2, -0.15) is 0 Å². The van der Waals surface area contributed by atoms with Crippen molar-refractivity contribution in [2.75, 3.05) is 25.6 Å². The van der Waals surface area contributed by atoms with Gasteiger partial charge in [0, 0.05) is 10.6 Å². The Labute approximate surface area is 153 Å². The number of nitrogens with zero attached hydrogens (tertiary/aromatic N) is 2. The highest BCUT2D eigenvalue weighted by molar-refractivity contribution is 7.99. The van der Waals surface area contributed by atoms with E-state index in [0.29, 0.717) is 19.8 Å². The Hall–Kier alpha value is -1.85. The molecule has 0 N–H and O–H groups in total. The van der Waals surface area contributed by atoms with Gasteiger partial charge in [-0.1, -0.05) is 39.0 Å². The van der Waals surface area contributed by atoms with Gasteiger partial charge in [0.05, 0.1) is 18.9 Å². The standard InChI is InChI=1S/C20H24N2O2S/c1-20(2,3)15-8-9-18-17(14-15)22-21-16-6-4-5-7-19(16)25-13-12-23-10-11-24-18/h4-9,14H,10-13H2,1-3H3. The van der Waals surface area contributed by atoms with E-state index in [1.54, 1.807) is 11.8 Å². The summed E-state index contributed by atoms with van der Waals surface area (Å²) < 4.78 is 11.5. The molecule has 0 saturated carbocycles. The number of azo groups is 1. The van der Waals surface area contributed by atoms with E-state index in [9.17, 15) is 0 Å². The summed E-state index contributed by atoms with van der Waals surface area (Å²) in [5, 5.41) is 9.01. The number of thioether (sulfide) groups is 1. The predicted molar refractivity (Wildman–Crippen MR) is 103 cm³/mol. The fourth-order valence-electron chi connectivity index (χ4n) is 2.48. The summed E-state index contributed by atoms with van der Waals surface area (Å²) in [4.78, 5) is 1.11. The van der Waals surface area contributed by atoms with Crippen LogP contribution in [0.1, 0.15) is 26.3 Å². The molecule has 0 aliphatic carbocycles. The zero-order valence-corrected chi connectivity index (χ0v) is 15.8. The minimum atomic E-state index is 0.0442. The van der Waals surface area contributed by atoms with Gasteiger partial charge in [0.2, 0.25) is 0 Å². The molecule has 2 aromatic carbocycles. The third-order valence-electron chi connectivity index (χ3n) is 3.93. The summed E-state index contributed by atoms with van der Waals surface area (Å²) in [6.45, 7) is 8.33. The summed E-state index contributed by atoms with van der Waals surface area (Å²) in [5.74, 6) is 1.62. The second-order valence-electron chi connectivity index (χ2n) is 6.91. The summed E-state index contributed by atoms with van der Waals surface area (Å²) >= 11 is 1.74. The smallest absolute Gasteiger partial charge is 0.146 e. The van der Waals surface area contributed by atoms with E-state index < -0.39 is 0 Å². The lowest BCUT2D eigenvalue weighted by Gasteiger charge is -2.20. The number of rotatable bonds is 0. The fourth-order valence-corrected chi connectivity index (χ4v) is 3.33. The van der Waals surface area contributed by atoms with Gasteiger partial charge < -0.3 is 9.47 Å². The van der Waals surface area contributed by atoms with Gasteiger partial charge in [0.15, 0.2) is 0 Å². The second kappa shape index (κ2) is 8.02. The van der Waals surface area contributed by atoms with Crippen LogP contribution in [0.4, 0.5) is 11.4 Å². The SMILES string of the molecule is CC(C)(C)c1ccc2c(c1)N=Nc1ccccc1SCCOCCO2. The average Bonchev–Trinajstić information content (AvgIpc) is 2.60. The van der Waals surface area contributed by atoms with Crippen LogP contribution in [0.3, 0.4) is 0 Å².